The van der Waals surface area contributed by atoms with Crippen molar-refractivity contribution in [2.75, 3.05) is 6.54 Å². The molecule has 0 fully saturated rings. The molecule has 2 atom stereocenters. The van der Waals surface area contributed by atoms with Crippen LogP contribution in [0.15, 0.2) is 29.2 Å². The van der Waals surface area contributed by atoms with Crippen molar-refractivity contribution in [3.05, 3.63) is 29.8 Å². The van der Waals surface area contributed by atoms with Crippen molar-refractivity contribution in [1.82, 2.24) is 0 Å². The molecular weight excluding hydrogens is 251 g/mol. The van der Waals surface area contributed by atoms with Gasteiger partial charge in [0.15, 0.2) is 0 Å². The fraction of sp³-hybridized carbons (Fsp3) is 0.455. The molecule has 1 rings (SSSR count). The predicted molar refractivity (Wildman–Crippen MR) is 61.1 cm³/mol. The molecule has 0 aliphatic carbocycles. The Bertz CT molecular complexity index is 406. The van der Waals surface area contributed by atoms with E-state index in [-0.39, 0.29) is 17.9 Å². The van der Waals surface area contributed by atoms with Crippen LogP contribution in [0.1, 0.15) is 12.0 Å². The number of nitrogens with two attached hydrogens (primary N) is 1. The van der Waals surface area contributed by atoms with Crippen molar-refractivity contribution in [3.63, 3.8) is 0 Å². The molecule has 0 amide bonds. The van der Waals surface area contributed by atoms with Crippen LogP contribution in [0, 0.1) is 6.92 Å². The molecule has 96 valence electrons. The summed E-state index contributed by atoms with van der Waals surface area (Å²) in [5, 5.41) is -1.89. The van der Waals surface area contributed by atoms with Crippen LogP contribution in [0.25, 0.3) is 0 Å². The summed E-state index contributed by atoms with van der Waals surface area (Å²) >= 11 is 0. The zero-order valence-corrected chi connectivity index (χ0v) is 10.1. The summed E-state index contributed by atoms with van der Waals surface area (Å²) in [6, 6.07) is 6.38. The summed E-state index contributed by atoms with van der Waals surface area (Å²) in [5.41, 5.74) is 5.74. The first-order valence-corrected chi connectivity index (χ1v) is 6.32. The highest BCUT2D eigenvalue weighted by Gasteiger charge is 2.43. The zero-order chi connectivity index (χ0) is 13.1. The maximum absolute atomic E-state index is 12.7. The number of alkyl halides is 3. The van der Waals surface area contributed by atoms with Gasteiger partial charge in [0.05, 0.1) is 10.8 Å². The van der Waals surface area contributed by atoms with Crippen LogP contribution >= 0.6 is 0 Å². The molecule has 2 unspecified atom stereocenters. The largest absolute Gasteiger partial charge is 0.403 e. The third kappa shape index (κ3) is 3.54. The van der Waals surface area contributed by atoms with E-state index >= 15 is 0 Å². The molecule has 1 aromatic rings. The molecule has 6 heteroatoms. The molecule has 2 nitrogen and oxygen atoms in total. The van der Waals surface area contributed by atoms with Gasteiger partial charge in [0.25, 0.3) is 0 Å². The van der Waals surface area contributed by atoms with Crippen LogP contribution in [-0.4, -0.2) is 22.2 Å². The van der Waals surface area contributed by atoms with Crippen LogP contribution in [-0.2, 0) is 10.8 Å². The fourth-order valence-corrected chi connectivity index (χ4v) is 2.98. The van der Waals surface area contributed by atoms with E-state index in [1.807, 2.05) is 0 Å². The second kappa shape index (κ2) is 5.64. The van der Waals surface area contributed by atoms with Crippen LogP contribution < -0.4 is 5.73 Å². The number of halogens is 3. The second-order valence-corrected chi connectivity index (χ2v) is 5.27. The van der Waals surface area contributed by atoms with E-state index in [9.17, 15) is 17.4 Å². The van der Waals surface area contributed by atoms with Crippen LogP contribution in [0.5, 0.6) is 0 Å². The number of aryl methyl sites for hydroxylation is 1. The van der Waals surface area contributed by atoms with Gasteiger partial charge in [0.2, 0.25) is 0 Å². The maximum atomic E-state index is 12.7. The molecule has 0 saturated heterocycles. The second-order valence-electron chi connectivity index (χ2n) is 3.67. The minimum Gasteiger partial charge on any atom is -0.330 e. The number of rotatable bonds is 4. The van der Waals surface area contributed by atoms with E-state index in [0.29, 0.717) is 5.56 Å². The summed E-state index contributed by atoms with van der Waals surface area (Å²) in [6.07, 6.45) is -4.82. The summed E-state index contributed by atoms with van der Waals surface area (Å²) in [4.78, 5) is 0.225. The molecule has 0 bridgehead atoms. The molecule has 2 N–H and O–H groups in total. The van der Waals surface area contributed by atoms with E-state index in [0.717, 1.165) is 0 Å². The molecule has 0 saturated carbocycles. The molecule has 17 heavy (non-hydrogen) atoms. The topological polar surface area (TPSA) is 43.1 Å². The summed E-state index contributed by atoms with van der Waals surface area (Å²) in [6.45, 7) is 1.50. The van der Waals surface area contributed by atoms with Gasteiger partial charge in [0, 0.05) is 4.90 Å². The first kappa shape index (κ1) is 14.2. The Morgan fingerprint density at radius 3 is 2.41 bits per heavy atom. The Morgan fingerprint density at radius 1 is 1.35 bits per heavy atom. The lowest BCUT2D eigenvalue weighted by atomic mass is 10.2. The quantitative estimate of drug-likeness (QED) is 0.908. The molecule has 0 spiro atoms. The minimum atomic E-state index is -4.49. The standard InChI is InChI=1S/C11H14F3NOS/c1-8-4-2-3-5-9(8)17(16)10(6-7-15)11(12,13)14/h2-5,10H,6-7,15H2,1H3. The summed E-state index contributed by atoms with van der Waals surface area (Å²) < 4.78 is 50.1. The van der Waals surface area contributed by atoms with E-state index in [4.69, 9.17) is 5.73 Å². The van der Waals surface area contributed by atoms with Crippen molar-refractivity contribution in [2.45, 2.75) is 29.7 Å². The van der Waals surface area contributed by atoms with Crippen molar-refractivity contribution in [3.8, 4) is 0 Å². The normalized spacial score (nSPS) is 15.6. The summed E-state index contributed by atoms with van der Waals surface area (Å²) in [5.74, 6) is 0. The lowest BCUT2D eigenvalue weighted by molar-refractivity contribution is -0.130. The Morgan fingerprint density at radius 2 is 1.94 bits per heavy atom. The monoisotopic (exact) mass is 265 g/mol. The fourth-order valence-electron chi connectivity index (χ4n) is 1.48. The zero-order valence-electron chi connectivity index (χ0n) is 9.33. The van der Waals surface area contributed by atoms with E-state index in [1.165, 1.54) is 6.07 Å². The van der Waals surface area contributed by atoms with Gasteiger partial charge in [-0.05, 0) is 31.5 Å². The smallest absolute Gasteiger partial charge is 0.330 e. The van der Waals surface area contributed by atoms with Gasteiger partial charge >= 0.3 is 6.18 Å². The molecular formula is C11H14F3NOS. The van der Waals surface area contributed by atoms with Gasteiger partial charge < -0.3 is 5.73 Å². The highest BCUT2D eigenvalue weighted by molar-refractivity contribution is 7.85. The third-order valence-electron chi connectivity index (χ3n) is 2.36. The number of benzene rings is 1. The minimum absolute atomic E-state index is 0.137. The first-order chi connectivity index (χ1) is 7.88. The van der Waals surface area contributed by atoms with Crippen molar-refractivity contribution >= 4 is 10.8 Å². The van der Waals surface area contributed by atoms with Crippen molar-refractivity contribution in [1.29, 1.82) is 0 Å². The average Bonchev–Trinajstić information content (AvgIpc) is 2.24. The molecule has 0 aromatic heterocycles. The Kier molecular flexibility index (Phi) is 4.70. The number of hydrogen-bond donors (Lipinski definition) is 1. The Hall–Kier alpha value is -0.880. The van der Waals surface area contributed by atoms with Gasteiger partial charge in [-0.15, -0.1) is 0 Å². The van der Waals surface area contributed by atoms with Crippen LogP contribution in [0.3, 0.4) is 0 Å². The molecule has 1 aromatic carbocycles. The van der Waals surface area contributed by atoms with E-state index < -0.39 is 22.2 Å². The van der Waals surface area contributed by atoms with Crippen molar-refractivity contribution in [2.24, 2.45) is 5.73 Å². The lowest BCUT2D eigenvalue weighted by Crippen LogP contribution is -2.35. The van der Waals surface area contributed by atoms with Crippen LogP contribution in [0.2, 0.25) is 0 Å². The number of hydrogen-bond acceptors (Lipinski definition) is 2. The molecule has 0 heterocycles. The van der Waals surface area contributed by atoms with Gasteiger partial charge in [-0.25, -0.2) is 0 Å². The van der Waals surface area contributed by atoms with E-state index in [1.54, 1.807) is 25.1 Å². The van der Waals surface area contributed by atoms with Gasteiger partial charge in [-0.1, -0.05) is 18.2 Å². The predicted octanol–water partition coefficient (Wildman–Crippen LogP) is 2.38. The average molecular weight is 265 g/mol. The molecule has 0 aliphatic heterocycles. The highest BCUT2D eigenvalue weighted by atomic mass is 32.2. The van der Waals surface area contributed by atoms with Gasteiger partial charge in [-0.2, -0.15) is 13.2 Å². The highest BCUT2D eigenvalue weighted by Crippen LogP contribution is 2.30. The Balaban J connectivity index is 3.05. The first-order valence-electron chi connectivity index (χ1n) is 5.11. The van der Waals surface area contributed by atoms with Crippen molar-refractivity contribution < 1.29 is 17.4 Å². The van der Waals surface area contributed by atoms with E-state index in [2.05, 4.69) is 0 Å². The summed E-state index contributed by atoms with van der Waals surface area (Å²) in [7, 11) is -2.11. The molecule has 0 aliphatic rings. The van der Waals surface area contributed by atoms with Crippen LogP contribution in [0.4, 0.5) is 13.2 Å². The van der Waals surface area contributed by atoms with Gasteiger partial charge in [0.1, 0.15) is 5.25 Å². The Labute approximate surface area is 100 Å². The van der Waals surface area contributed by atoms with Gasteiger partial charge in [-0.3, -0.25) is 4.21 Å². The SMILES string of the molecule is Cc1ccccc1S(=O)C(CCN)C(F)(F)F. The third-order valence-corrected chi connectivity index (χ3v) is 4.27. The molecule has 0 radical (unpaired) electrons. The maximum Gasteiger partial charge on any atom is 0.403 e. The lowest BCUT2D eigenvalue weighted by Gasteiger charge is -2.19.